The predicted molar refractivity (Wildman–Crippen MR) is 140 cm³/mol. The van der Waals surface area contributed by atoms with Crippen LogP contribution in [0.5, 0.6) is 0 Å². The fourth-order valence-corrected chi connectivity index (χ4v) is 4.20. The molecule has 0 radical (unpaired) electrons. The van der Waals surface area contributed by atoms with Crippen molar-refractivity contribution in [1.82, 2.24) is 9.97 Å². The summed E-state index contributed by atoms with van der Waals surface area (Å²) < 4.78 is 0. The van der Waals surface area contributed by atoms with Gasteiger partial charge in [-0.2, -0.15) is 0 Å². The number of aromatic nitrogens is 2. The molecule has 1 aromatic heterocycles. The van der Waals surface area contributed by atoms with Crippen LogP contribution in [0.2, 0.25) is 0 Å². The van der Waals surface area contributed by atoms with Gasteiger partial charge in [-0.1, -0.05) is 94.0 Å². The van der Waals surface area contributed by atoms with Crippen LogP contribution in [-0.2, 0) is 17.6 Å². The largest absolute Gasteiger partial charge is 0.481 e. The Bertz CT molecular complexity index is 980. The molecule has 1 heterocycles. The van der Waals surface area contributed by atoms with Crippen LogP contribution in [-0.4, -0.2) is 21.0 Å². The summed E-state index contributed by atoms with van der Waals surface area (Å²) in [4.78, 5) is 19.8. The summed E-state index contributed by atoms with van der Waals surface area (Å²) >= 11 is 0. The fourth-order valence-electron chi connectivity index (χ4n) is 4.20. The van der Waals surface area contributed by atoms with Gasteiger partial charge < -0.3 is 5.11 Å². The normalized spacial score (nSPS) is 11.0. The molecule has 1 N–H and O–H groups in total. The summed E-state index contributed by atoms with van der Waals surface area (Å²) in [6.07, 6.45) is 16.8. The Kier molecular flexibility index (Phi) is 10.8. The summed E-state index contributed by atoms with van der Waals surface area (Å²) in [6.45, 7) is 2.25. The summed E-state index contributed by atoms with van der Waals surface area (Å²) in [5.41, 5.74) is 5.92. The summed E-state index contributed by atoms with van der Waals surface area (Å²) in [7, 11) is 0. The van der Waals surface area contributed by atoms with Crippen molar-refractivity contribution < 1.29 is 9.90 Å². The van der Waals surface area contributed by atoms with E-state index in [2.05, 4.69) is 65.4 Å². The van der Waals surface area contributed by atoms with Gasteiger partial charge in [-0.25, -0.2) is 9.97 Å². The van der Waals surface area contributed by atoms with Gasteiger partial charge >= 0.3 is 5.97 Å². The molecule has 0 saturated heterocycles. The molecule has 3 aromatic rings. The third kappa shape index (κ3) is 8.74. The summed E-state index contributed by atoms with van der Waals surface area (Å²) in [5.74, 6) is 0.0685. The number of nitrogens with zero attached hydrogens (tertiary/aromatic N) is 2. The lowest BCUT2D eigenvalue weighted by Crippen LogP contribution is -1.94. The van der Waals surface area contributed by atoms with E-state index in [1.807, 2.05) is 12.4 Å². The Balaban J connectivity index is 1.47. The second-order valence-electron chi connectivity index (χ2n) is 9.16. The minimum absolute atomic E-state index is 0.267. The summed E-state index contributed by atoms with van der Waals surface area (Å²) in [6, 6.07) is 17.1. The van der Waals surface area contributed by atoms with Crippen molar-refractivity contribution in [2.75, 3.05) is 0 Å². The van der Waals surface area contributed by atoms with E-state index < -0.39 is 5.97 Å². The highest BCUT2D eigenvalue weighted by atomic mass is 16.4. The Labute approximate surface area is 204 Å². The van der Waals surface area contributed by atoms with E-state index in [0.29, 0.717) is 0 Å². The van der Waals surface area contributed by atoms with E-state index in [0.717, 1.165) is 43.5 Å². The molecule has 0 saturated carbocycles. The van der Waals surface area contributed by atoms with Gasteiger partial charge in [0.05, 0.1) is 0 Å². The van der Waals surface area contributed by atoms with Gasteiger partial charge in [-0.05, 0) is 54.4 Å². The van der Waals surface area contributed by atoms with Crippen LogP contribution in [0.15, 0.2) is 60.9 Å². The number of aliphatic carboxylic acids is 1. The second kappa shape index (κ2) is 14.3. The van der Waals surface area contributed by atoms with E-state index >= 15 is 0 Å². The van der Waals surface area contributed by atoms with E-state index in [-0.39, 0.29) is 6.42 Å². The van der Waals surface area contributed by atoms with Crippen LogP contribution < -0.4 is 0 Å². The lowest BCUT2D eigenvalue weighted by molar-refractivity contribution is -0.137. The van der Waals surface area contributed by atoms with Crippen LogP contribution >= 0.6 is 0 Å². The first-order chi connectivity index (χ1) is 16.7. The number of hydrogen-bond donors (Lipinski definition) is 1. The van der Waals surface area contributed by atoms with Gasteiger partial charge in [-0.15, -0.1) is 0 Å². The number of benzene rings is 2. The highest BCUT2D eigenvalue weighted by Crippen LogP contribution is 2.24. The van der Waals surface area contributed by atoms with Gasteiger partial charge in [0.1, 0.15) is 0 Å². The Hall–Kier alpha value is -3.01. The number of aryl methyl sites for hydroxylation is 2. The van der Waals surface area contributed by atoms with Crippen LogP contribution in [0.25, 0.3) is 22.5 Å². The van der Waals surface area contributed by atoms with Gasteiger partial charge in [0.2, 0.25) is 0 Å². The zero-order valence-electron chi connectivity index (χ0n) is 20.5. The molecule has 34 heavy (non-hydrogen) atoms. The lowest BCUT2D eigenvalue weighted by Gasteiger charge is -2.07. The Morgan fingerprint density at radius 1 is 0.647 bits per heavy atom. The molecule has 180 valence electrons. The molecule has 0 aliphatic carbocycles. The molecule has 0 amide bonds. The predicted octanol–water partition coefficient (Wildman–Crippen LogP) is 7.90. The van der Waals surface area contributed by atoms with Crippen molar-refractivity contribution >= 4 is 5.97 Å². The molecule has 2 aromatic carbocycles. The standard InChI is InChI=1S/C30H38N2O2/c1-2-3-4-5-6-8-12-25-22-31-30(32-23-25)28-20-18-27(19-21-28)26-16-14-24(15-17-26)11-9-7-10-13-29(33)34/h14-23H,2-13H2,1H3,(H,33,34). The molecule has 0 fully saturated rings. The first kappa shape index (κ1) is 25.6. The smallest absolute Gasteiger partial charge is 0.303 e. The highest BCUT2D eigenvalue weighted by Gasteiger charge is 2.04. The van der Waals surface area contributed by atoms with Gasteiger partial charge in [-0.3, -0.25) is 4.79 Å². The maximum atomic E-state index is 10.6. The molecule has 0 aliphatic heterocycles. The first-order valence-corrected chi connectivity index (χ1v) is 12.9. The maximum absolute atomic E-state index is 10.6. The third-order valence-electron chi connectivity index (χ3n) is 6.31. The number of unbranched alkanes of at least 4 members (excludes halogenated alkanes) is 7. The minimum atomic E-state index is -0.706. The molecule has 0 unspecified atom stereocenters. The van der Waals surface area contributed by atoms with E-state index in [4.69, 9.17) is 5.11 Å². The summed E-state index contributed by atoms with van der Waals surface area (Å²) in [5, 5.41) is 8.71. The minimum Gasteiger partial charge on any atom is -0.481 e. The van der Waals surface area contributed by atoms with E-state index in [1.165, 1.54) is 60.8 Å². The van der Waals surface area contributed by atoms with E-state index in [9.17, 15) is 4.79 Å². The van der Waals surface area contributed by atoms with Gasteiger partial charge in [0, 0.05) is 24.4 Å². The topological polar surface area (TPSA) is 63.1 Å². The Morgan fingerprint density at radius 2 is 1.15 bits per heavy atom. The number of carboxylic acid groups (broad SMARTS) is 1. The van der Waals surface area contributed by atoms with Crippen molar-refractivity contribution in [2.24, 2.45) is 0 Å². The molecule has 4 heteroatoms. The van der Waals surface area contributed by atoms with Crippen LogP contribution in [0.1, 0.15) is 82.3 Å². The molecule has 0 spiro atoms. The molecule has 4 nitrogen and oxygen atoms in total. The van der Waals surface area contributed by atoms with E-state index in [1.54, 1.807) is 0 Å². The van der Waals surface area contributed by atoms with Crippen LogP contribution in [0.3, 0.4) is 0 Å². The van der Waals surface area contributed by atoms with Crippen LogP contribution in [0.4, 0.5) is 0 Å². The number of rotatable bonds is 15. The average molecular weight is 459 g/mol. The van der Waals surface area contributed by atoms with Gasteiger partial charge in [0.15, 0.2) is 5.82 Å². The molecule has 3 rings (SSSR count). The second-order valence-corrected chi connectivity index (χ2v) is 9.16. The maximum Gasteiger partial charge on any atom is 0.303 e. The van der Waals surface area contributed by atoms with Gasteiger partial charge in [0.25, 0.3) is 0 Å². The average Bonchev–Trinajstić information content (AvgIpc) is 2.87. The SMILES string of the molecule is CCCCCCCCc1cnc(-c2ccc(-c3ccc(CCCCCC(=O)O)cc3)cc2)nc1. The van der Waals surface area contributed by atoms with Crippen molar-refractivity contribution in [3.63, 3.8) is 0 Å². The quantitative estimate of drug-likeness (QED) is 0.235. The first-order valence-electron chi connectivity index (χ1n) is 12.9. The van der Waals surface area contributed by atoms with Crippen molar-refractivity contribution in [2.45, 2.75) is 84.0 Å². The molecule has 0 atom stereocenters. The zero-order valence-corrected chi connectivity index (χ0v) is 20.5. The number of hydrogen-bond acceptors (Lipinski definition) is 3. The van der Waals surface area contributed by atoms with Crippen molar-refractivity contribution in [3.8, 4) is 22.5 Å². The number of carboxylic acids is 1. The fraction of sp³-hybridized carbons (Fsp3) is 0.433. The zero-order chi connectivity index (χ0) is 24.0. The lowest BCUT2D eigenvalue weighted by atomic mass is 10.00. The number of carbonyl (C=O) groups is 1. The Morgan fingerprint density at radius 3 is 1.76 bits per heavy atom. The van der Waals surface area contributed by atoms with Crippen molar-refractivity contribution in [3.05, 3.63) is 72.1 Å². The molecular weight excluding hydrogens is 420 g/mol. The van der Waals surface area contributed by atoms with Crippen molar-refractivity contribution in [1.29, 1.82) is 0 Å². The van der Waals surface area contributed by atoms with Crippen LogP contribution in [0, 0.1) is 0 Å². The molecule has 0 bridgehead atoms. The monoisotopic (exact) mass is 458 g/mol. The highest BCUT2D eigenvalue weighted by molar-refractivity contribution is 5.68. The molecule has 0 aliphatic rings. The molecular formula is C30H38N2O2. The third-order valence-corrected chi connectivity index (χ3v) is 6.31.